The summed E-state index contributed by atoms with van der Waals surface area (Å²) in [6.45, 7) is 0.272. The fourth-order valence-corrected chi connectivity index (χ4v) is 1.79. The smallest absolute Gasteiger partial charge is 0.136 e. The van der Waals surface area contributed by atoms with Crippen molar-refractivity contribution in [3.8, 4) is 0 Å². The molecular formula is C9H12Cl2N2O2. The molecule has 0 saturated carbocycles. The molecule has 1 aromatic rings. The molecule has 0 aliphatic carbocycles. The summed E-state index contributed by atoms with van der Waals surface area (Å²) < 4.78 is 0. The van der Waals surface area contributed by atoms with E-state index < -0.39 is 12.2 Å². The molecular weight excluding hydrogens is 239 g/mol. The minimum absolute atomic E-state index is 0.0890. The number of rotatable bonds is 4. The highest BCUT2D eigenvalue weighted by molar-refractivity contribution is 6.35. The van der Waals surface area contributed by atoms with Crippen molar-refractivity contribution in [2.24, 2.45) is 5.73 Å². The van der Waals surface area contributed by atoms with Crippen molar-refractivity contribution in [1.82, 2.24) is 4.98 Å². The largest absolute Gasteiger partial charge is 0.390 e. The monoisotopic (exact) mass is 250 g/mol. The van der Waals surface area contributed by atoms with Gasteiger partial charge in [-0.05, 0) is 19.0 Å². The number of nitrogens with zero attached hydrogens (tertiary/aromatic N) is 1. The summed E-state index contributed by atoms with van der Waals surface area (Å²) in [4.78, 5) is 3.78. The van der Waals surface area contributed by atoms with Gasteiger partial charge < -0.3 is 15.9 Å². The Labute approximate surface area is 97.6 Å². The topological polar surface area (TPSA) is 79.4 Å². The van der Waals surface area contributed by atoms with Gasteiger partial charge in [0.1, 0.15) is 11.3 Å². The molecule has 84 valence electrons. The van der Waals surface area contributed by atoms with Crippen molar-refractivity contribution in [3.63, 3.8) is 0 Å². The molecule has 2 unspecified atom stereocenters. The molecule has 0 saturated heterocycles. The first kappa shape index (κ1) is 12.7. The van der Waals surface area contributed by atoms with Crippen LogP contribution in [0.3, 0.4) is 0 Å². The van der Waals surface area contributed by atoms with Gasteiger partial charge in [-0.15, -0.1) is 0 Å². The van der Waals surface area contributed by atoms with Crippen LogP contribution < -0.4 is 5.73 Å². The molecule has 6 heteroatoms. The Hall–Kier alpha value is -0.390. The molecule has 0 bridgehead atoms. The number of aromatic nitrogens is 1. The standard InChI is InChI=1S/C9H12Cl2N2O2/c10-5-2-4-13-9(11)7(5)8(15)6(14)1-3-12/h2,4,6,8,14-15H,1,3,12H2. The third-order valence-corrected chi connectivity index (χ3v) is 2.64. The maximum atomic E-state index is 9.77. The van der Waals surface area contributed by atoms with Gasteiger partial charge in [-0.25, -0.2) is 4.98 Å². The van der Waals surface area contributed by atoms with Crippen LogP contribution in [0.25, 0.3) is 0 Å². The van der Waals surface area contributed by atoms with Gasteiger partial charge in [0, 0.05) is 11.8 Å². The van der Waals surface area contributed by atoms with Crippen molar-refractivity contribution in [3.05, 3.63) is 28.0 Å². The van der Waals surface area contributed by atoms with E-state index in [4.69, 9.17) is 28.9 Å². The maximum absolute atomic E-state index is 9.77. The van der Waals surface area contributed by atoms with Crippen LogP contribution in [0.4, 0.5) is 0 Å². The van der Waals surface area contributed by atoms with Gasteiger partial charge in [0.2, 0.25) is 0 Å². The first-order valence-corrected chi connectivity index (χ1v) is 5.19. The Morgan fingerprint density at radius 2 is 2.07 bits per heavy atom. The van der Waals surface area contributed by atoms with Crippen LogP contribution in [0.1, 0.15) is 18.1 Å². The highest BCUT2D eigenvalue weighted by Crippen LogP contribution is 2.30. The van der Waals surface area contributed by atoms with Gasteiger partial charge in [-0.1, -0.05) is 23.2 Å². The van der Waals surface area contributed by atoms with Crippen LogP contribution in [0, 0.1) is 0 Å². The van der Waals surface area contributed by atoms with Crippen LogP contribution in [-0.2, 0) is 0 Å². The third kappa shape index (κ3) is 3.03. The van der Waals surface area contributed by atoms with E-state index in [9.17, 15) is 10.2 Å². The maximum Gasteiger partial charge on any atom is 0.136 e. The van der Waals surface area contributed by atoms with Crippen molar-refractivity contribution >= 4 is 23.2 Å². The lowest BCUT2D eigenvalue weighted by Crippen LogP contribution is -2.22. The second-order valence-corrected chi connectivity index (χ2v) is 3.85. The van der Waals surface area contributed by atoms with Crippen LogP contribution in [0.15, 0.2) is 12.3 Å². The Bertz CT molecular complexity index is 316. The molecule has 0 fully saturated rings. The van der Waals surface area contributed by atoms with Gasteiger partial charge in [0.05, 0.1) is 11.1 Å². The number of halogens is 2. The lowest BCUT2D eigenvalue weighted by molar-refractivity contribution is 0.0149. The Morgan fingerprint density at radius 1 is 1.40 bits per heavy atom. The van der Waals surface area contributed by atoms with Crippen LogP contribution >= 0.6 is 23.2 Å². The average molecular weight is 251 g/mol. The molecule has 1 heterocycles. The molecule has 0 aliphatic heterocycles. The molecule has 2 atom stereocenters. The highest BCUT2D eigenvalue weighted by Gasteiger charge is 2.23. The SMILES string of the molecule is NCCC(O)C(O)c1c(Cl)ccnc1Cl. The predicted octanol–water partition coefficient (Wildman–Crippen LogP) is 1.13. The number of aliphatic hydroxyl groups is 2. The molecule has 0 aromatic carbocycles. The fourth-order valence-electron chi connectivity index (χ4n) is 1.21. The molecule has 0 spiro atoms. The molecule has 4 N–H and O–H groups in total. The Balaban J connectivity index is 2.94. The van der Waals surface area contributed by atoms with Crippen molar-refractivity contribution in [2.45, 2.75) is 18.6 Å². The fraction of sp³-hybridized carbons (Fsp3) is 0.444. The Morgan fingerprint density at radius 3 is 2.60 bits per heavy atom. The summed E-state index contributed by atoms with van der Waals surface area (Å²) in [6.07, 6.45) is -0.463. The average Bonchev–Trinajstić information content (AvgIpc) is 2.17. The molecule has 0 amide bonds. The van der Waals surface area contributed by atoms with Crippen LogP contribution in [0.5, 0.6) is 0 Å². The first-order chi connectivity index (χ1) is 7.07. The van der Waals surface area contributed by atoms with Crippen LogP contribution in [0.2, 0.25) is 10.2 Å². The van der Waals surface area contributed by atoms with Crippen molar-refractivity contribution in [2.75, 3.05) is 6.54 Å². The summed E-state index contributed by atoms with van der Waals surface area (Å²) in [5, 5.41) is 19.7. The van der Waals surface area contributed by atoms with Gasteiger partial charge in [0.15, 0.2) is 0 Å². The van der Waals surface area contributed by atoms with E-state index in [1.807, 2.05) is 0 Å². The summed E-state index contributed by atoms with van der Waals surface area (Å²) in [5.74, 6) is 0. The van der Waals surface area contributed by atoms with Crippen LogP contribution in [-0.4, -0.2) is 27.8 Å². The lowest BCUT2D eigenvalue weighted by atomic mass is 10.0. The first-order valence-electron chi connectivity index (χ1n) is 4.44. The van der Waals surface area contributed by atoms with Crippen molar-refractivity contribution < 1.29 is 10.2 Å². The van der Waals surface area contributed by atoms with E-state index in [1.54, 1.807) is 0 Å². The van der Waals surface area contributed by atoms with E-state index in [0.717, 1.165) is 0 Å². The second kappa shape index (κ2) is 5.63. The Kier molecular flexibility index (Phi) is 4.76. The van der Waals surface area contributed by atoms with Gasteiger partial charge in [-0.3, -0.25) is 0 Å². The molecule has 15 heavy (non-hydrogen) atoms. The molecule has 0 aliphatic rings. The summed E-state index contributed by atoms with van der Waals surface area (Å²) in [5.41, 5.74) is 5.51. The molecule has 0 radical (unpaired) electrons. The van der Waals surface area contributed by atoms with E-state index in [-0.39, 0.29) is 28.7 Å². The quantitative estimate of drug-likeness (QED) is 0.701. The van der Waals surface area contributed by atoms with Gasteiger partial charge in [0.25, 0.3) is 0 Å². The highest BCUT2D eigenvalue weighted by atomic mass is 35.5. The third-order valence-electron chi connectivity index (χ3n) is 2.01. The van der Waals surface area contributed by atoms with Crippen molar-refractivity contribution in [1.29, 1.82) is 0 Å². The summed E-state index contributed by atoms with van der Waals surface area (Å²) in [7, 11) is 0. The van der Waals surface area contributed by atoms with Gasteiger partial charge in [-0.2, -0.15) is 0 Å². The second-order valence-electron chi connectivity index (χ2n) is 3.09. The minimum atomic E-state index is -1.16. The normalized spacial score (nSPS) is 15.0. The number of pyridine rings is 1. The number of aliphatic hydroxyl groups excluding tert-OH is 2. The molecule has 1 aromatic heterocycles. The van der Waals surface area contributed by atoms with E-state index in [0.29, 0.717) is 0 Å². The van der Waals surface area contributed by atoms with E-state index >= 15 is 0 Å². The zero-order valence-electron chi connectivity index (χ0n) is 7.90. The van der Waals surface area contributed by atoms with E-state index in [1.165, 1.54) is 12.3 Å². The number of hydrogen-bond donors (Lipinski definition) is 3. The van der Waals surface area contributed by atoms with Gasteiger partial charge >= 0.3 is 0 Å². The minimum Gasteiger partial charge on any atom is -0.390 e. The number of hydrogen-bond acceptors (Lipinski definition) is 4. The molecule has 1 rings (SSSR count). The zero-order chi connectivity index (χ0) is 11.4. The lowest BCUT2D eigenvalue weighted by Gasteiger charge is -2.18. The summed E-state index contributed by atoms with van der Waals surface area (Å²) in [6, 6.07) is 1.50. The zero-order valence-corrected chi connectivity index (χ0v) is 9.41. The summed E-state index contributed by atoms with van der Waals surface area (Å²) >= 11 is 11.6. The predicted molar refractivity (Wildman–Crippen MR) is 58.9 cm³/mol. The number of nitrogens with two attached hydrogens (primary N) is 1. The van der Waals surface area contributed by atoms with E-state index in [2.05, 4.69) is 4.98 Å². The molecule has 4 nitrogen and oxygen atoms in total.